The van der Waals surface area contributed by atoms with Gasteiger partial charge in [-0.05, 0) is 12.1 Å². The highest BCUT2D eigenvalue weighted by Gasteiger charge is 2.04. The standard InChI is InChI=1S/C8H10N4O2/c9-7(12-14)4-8(13)11-6-2-1-3-10-5-6/h1-3,5,14H,4H2,(H2,9,12)(H,11,13). The van der Waals surface area contributed by atoms with Crippen molar-refractivity contribution in [2.75, 3.05) is 5.32 Å². The molecule has 0 unspecified atom stereocenters. The molecule has 14 heavy (non-hydrogen) atoms. The maximum absolute atomic E-state index is 11.2. The number of amidine groups is 1. The van der Waals surface area contributed by atoms with Crippen LogP contribution in [0.15, 0.2) is 29.7 Å². The molecule has 0 aliphatic heterocycles. The van der Waals surface area contributed by atoms with E-state index in [0.717, 1.165) is 0 Å². The molecule has 0 spiro atoms. The first-order valence-electron chi connectivity index (χ1n) is 3.88. The zero-order chi connectivity index (χ0) is 10.4. The molecule has 1 amide bonds. The van der Waals surface area contributed by atoms with Crippen LogP contribution in [0.25, 0.3) is 0 Å². The summed E-state index contributed by atoms with van der Waals surface area (Å²) in [7, 11) is 0. The van der Waals surface area contributed by atoms with Crippen LogP contribution in [-0.4, -0.2) is 21.9 Å². The van der Waals surface area contributed by atoms with Crippen molar-refractivity contribution >= 4 is 17.4 Å². The second-order valence-electron chi connectivity index (χ2n) is 2.56. The predicted molar refractivity (Wildman–Crippen MR) is 50.9 cm³/mol. The normalized spacial score (nSPS) is 11.0. The van der Waals surface area contributed by atoms with Crippen LogP contribution in [0.1, 0.15) is 6.42 Å². The largest absolute Gasteiger partial charge is 0.409 e. The molecule has 74 valence electrons. The summed E-state index contributed by atoms with van der Waals surface area (Å²) in [6.45, 7) is 0. The second kappa shape index (κ2) is 4.80. The van der Waals surface area contributed by atoms with Gasteiger partial charge in [0.1, 0.15) is 5.84 Å². The minimum atomic E-state index is -0.353. The number of carbonyl (C=O) groups excluding carboxylic acids is 1. The SMILES string of the molecule is N/C(CC(=O)Nc1cccnc1)=N\O. The average molecular weight is 194 g/mol. The fourth-order valence-corrected chi connectivity index (χ4v) is 0.842. The van der Waals surface area contributed by atoms with Gasteiger partial charge in [0.05, 0.1) is 18.3 Å². The van der Waals surface area contributed by atoms with Crippen molar-refractivity contribution in [1.29, 1.82) is 0 Å². The Balaban J connectivity index is 2.50. The highest BCUT2D eigenvalue weighted by molar-refractivity contribution is 6.04. The molecule has 6 nitrogen and oxygen atoms in total. The van der Waals surface area contributed by atoms with Crippen molar-refractivity contribution in [2.45, 2.75) is 6.42 Å². The molecule has 0 saturated heterocycles. The quantitative estimate of drug-likeness (QED) is 0.276. The molecule has 6 heteroatoms. The van der Waals surface area contributed by atoms with E-state index < -0.39 is 0 Å². The molecule has 1 aromatic heterocycles. The Bertz CT molecular complexity index is 336. The Kier molecular flexibility index (Phi) is 3.42. The van der Waals surface area contributed by atoms with Crippen molar-refractivity contribution in [1.82, 2.24) is 4.98 Å². The van der Waals surface area contributed by atoms with Crippen LogP contribution < -0.4 is 11.1 Å². The van der Waals surface area contributed by atoms with Gasteiger partial charge in [0.15, 0.2) is 0 Å². The van der Waals surface area contributed by atoms with Gasteiger partial charge >= 0.3 is 0 Å². The van der Waals surface area contributed by atoms with Crippen molar-refractivity contribution in [2.24, 2.45) is 10.9 Å². The zero-order valence-electron chi connectivity index (χ0n) is 7.34. The number of carbonyl (C=O) groups is 1. The van der Waals surface area contributed by atoms with Crippen molar-refractivity contribution in [3.05, 3.63) is 24.5 Å². The number of oxime groups is 1. The van der Waals surface area contributed by atoms with Crippen LogP contribution in [0, 0.1) is 0 Å². The predicted octanol–water partition coefficient (Wildman–Crippen LogP) is 0.157. The number of nitrogens with one attached hydrogen (secondary N) is 1. The summed E-state index contributed by atoms with van der Waals surface area (Å²) >= 11 is 0. The molecule has 0 saturated carbocycles. The van der Waals surface area contributed by atoms with Gasteiger partial charge in [-0.2, -0.15) is 0 Å². The third-order valence-electron chi connectivity index (χ3n) is 1.42. The van der Waals surface area contributed by atoms with Crippen LogP contribution in [0.3, 0.4) is 0 Å². The minimum absolute atomic E-state index is 0.133. The fourth-order valence-electron chi connectivity index (χ4n) is 0.842. The van der Waals surface area contributed by atoms with Gasteiger partial charge in [-0.3, -0.25) is 9.78 Å². The van der Waals surface area contributed by atoms with Crippen LogP contribution in [-0.2, 0) is 4.79 Å². The van der Waals surface area contributed by atoms with Gasteiger partial charge in [0.2, 0.25) is 5.91 Å². The highest BCUT2D eigenvalue weighted by atomic mass is 16.4. The molecule has 1 heterocycles. The van der Waals surface area contributed by atoms with Crippen molar-refractivity contribution < 1.29 is 10.0 Å². The maximum atomic E-state index is 11.2. The molecule has 0 aliphatic rings. The third kappa shape index (κ3) is 3.10. The van der Waals surface area contributed by atoms with E-state index in [0.29, 0.717) is 5.69 Å². The Morgan fingerprint density at radius 1 is 1.71 bits per heavy atom. The number of hydrogen-bond acceptors (Lipinski definition) is 4. The lowest BCUT2D eigenvalue weighted by molar-refractivity contribution is -0.115. The summed E-state index contributed by atoms with van der Waals surface area (Å²) in [5.41, 5.74) is 5.72. The third-order valence-corrected chi connectivity index (χ3v) is 1.42. The van der Waals surface area contributed by atoms with Crippen LogP contribution in [0.4, 0.5) is 5.69 Å². The summed E-state index contributed by atoms with van der Waals surface area (Å²) < 4.78 is 0. The van der Waals surface area contributed by atoms with E-state index >= 15 is 0 Å². The molecule has 0 aliphatic carbocycles. The molecule has 1 rings (SSSR count). The number of nitrogens with two attached hydrogens (primary N) is 1. The lowest BCUT2D eigenvalue weighted by atomic mass is 10.3. The van der Waals surface area contributed by atoms with E-state index in [1.54, 1.807) is 18.3 Å². The summed E-state index contributed by atoms with van der Waals surface area (Å²) in [4.78, 5) is 15.0. The van der Waals surface area contributed by atoms with Crippen molar-refractivity contribution in [3.8, 4) is 0 Å². The summed E-state index contributed by atoms with van der Waals surface area (Å²) in [5.74, 6) is -0.486. The molecule has 1 aromatic rings. The zero-order valence-corrected chi connectivity index (χ0v) is 7.34. The van der Waals surface area contributed by atoms with Crippen molar-refractivity contribution in [3.63, 3.8) is 0 Å². The van der Waals surface area contributed by atoms with Gasteiger partial charge in [0, 0.05) is 6.20 Å². The average Bonchev–Trinajstić information content (AvgIpc) is 2.19. The number of anilines is 1. The first-order chi connectivity index (χ1) is 6.72. The maximum Gasteiger partial charge on any atom is 0.232 e. The second-order valence-corrected chi connectivity index (χ2v) is 2.56. The lowest BCUT2D eigenvalue weighted by Crippen LogP contribution is -2.21. The van der Waals surface area contributed by atoms with Crippen LogP contribution in [0.2, 0.25) is 0 Å². The number of hydrogen-bond donors (Lipinski definition) is 3. The summed E-state index contributed by atoms with van der Waals surface area (Å²) in [6.07, 6.45) is 2.95. The topological polar surface area (TPSA) is 101 Å². The molecule has 0 atom stereocenters. The van der Waals surface area contributed by atoms with Gasteiger partial charge in [-0.25, -0.2) is 0 Å². The van der Waals surface area contributed by atoms with Crippen LogP contribution in [0.5, 0.6) is 0 Å². The highest BCUT2D eigenvalue weighted by Crippen LogP contribution is 2.02. The fraction of sp³-hybridized carbons (Fsp3) is 0.125. The molecule has 4 N–H and O–H groups in total. The van der Waals surface area contributed by atoms with E-state index in [1.807, 2.05) is 0 Å². The number of amides is 1. The smallest absolute Gasteiger partial charge is 0.232 e. The van der Waals surface area contributed by atoms with Crippen LogP contribution >= 0.6 is 0 Å². The molecular formula is C8H10N4O2. The lowest BCUT2D eigenvalue weighted by Gasteiger charge is -2.02. The monoisotopic (exact) mass is 194 g/mol. The number of nitrogens with zero attached hydrogens (tertiary/aromatic N) is 2. The van der Waals surface area contributed by atoms with E-state index in [-0.39, 0.29) is 18.2 Å². The van der Waals surface area contributed by atoms with E-state index in [4.69, 9.17) is 10.9 Å². The number of pyridine rings is 1. The molecule has 0 bridgehead atoms. The van der Waals surface area contributed by atoms with E-state index in [1.165, 1.54) is 6.20 Å². The first-order valence-corrected chi connectivity index (χ1v) is 3.88. The number of rotatable bonds is 3. The first kappa shape index (κ1) is 9.97. The van der Waals surface area contributed by atoms with Gasteiger partial charge in [-0.1, -0.05) is 5.16 Å². The Hall–Kier alpha value is -2.11. The van der Waals surface area contributed by atoms with E-state index in [9.17, 15) is 4.79 Å². The van der Waals surface area contributed by atoms with Gasteiger partial charge in [-0.15, -0.1) is 0 Å². The summed E-state index contributed by atoms with van der Waals surface area (Å²) in [5, 5.41) is 13.4. The van der Waals surface area contributed by atoms with E-state index in [2.05, 4.69) is 15.5 Å². The Morgan fingerprint density at radius 3 is 3.07 bits per heavy atom. The molecule has 0 aromatic carbocycles. The molecular weight excluding hydrogens is 184 g/mol. The molecule has 0 fully saturated rings. The number of aromatic nitrogens is 1. The Morgan fingerprint density at radius 2 is 2.50 bits per heavy atom. The van der Waals surface area contributed by atoms with Gasteiger partial charge < -0.3 is 16.3 Å². The van der Waals surface area contributed by atoms with Gasteiger partial charge in [0.25, 0.3) is 0 Å². The molecule has 0 radical (unpaired) electrons. The Labute approximate surface area is 80.4 Å². The summed E-state index contributed by atoms with van der Waals surface area (Å²) in [6, 6.07) is 3.39. The minimum Gasteiger partial charge on any atom is -0.409 e.